The standard InChI is InChI=1S/C16H20F3N3O4S/c1-2-27(25,26)21-6-10-5-11(8-21)13-4-3-12(15(24)22(13)7-10)14(23)20-9-16(17,18)19/h3-4,10-11H,2,5-9H2,1H3,(H,20,23)/t10-,11+/m0/s1. The molecule has 1 fully saturated rings. The fraction of sp³-hybridized carbons (Fsp3) is 0.625. The molecule has 0 radical (unpaired) electrons. The SMILES string of the molecule is CCS(=O)(=O)N1C[C@@H]2C[C@H](C1)c1ccc(C(=O)NCC(F)(F)F)c(=O)n1C2. The highest BCUT2D eigenvalue weighted by Gasteiger charge is 2.39. The normalized spacial score (nSPS) is 23.0. The lowest BCUT2D eigenvalue weighted by atomic mass is 9.84. The first-order valence-corrected chi connectivity index (χ1v) is 10.2. The lowest BCUT2D eigenvalue weighted by Crippen LogP contribution is -2.50. The molecule has 1 saturated heterocycles. The molecule has 0 saturated carbocycles. The number of alkyl halides is 3. The van der Waals surface area contributed by atoms with Gasteiger partial charge in [0, 0.05) is 31.2 Å². The van der Waals surface area contributed by atoms with E-state index in [4.69, 9.17) is 0 Å². The van der Waals surface area contributed by atoms with Crippen molar-refractivity contribution >= 4 is 15.9 Å². The van der Waals surface area contributed by atoms with E-state index in [0.29, 0.717) is 12.2 Å². The third-order valence-corrected chi connectivity index (χ3v) is 6.84. The smallest absolute Gasteiger partial charge is 0.343 e. The van der Waals surface area contributed by atoms with Crippen LogP contribution in [0.25, 0.3) is 0 Å². The highest BCUT2D eigenvalue weighted by atomic mass is 32.2. The van der Waals surface area contributed by atoms with E-state index in [-0.39, 0.29) is 36.2 Å². The minimum Gasteiger partial charge on any atom is -0.343 e. The van der Waals surface area contributed by atoms with Gasteiger partial charge in [-0.05, 0) is 31.4 Å². The Balaban J connectivity index is 1.87. The summed E-state index contributed by atoms with van der Waals surface area (Å²) >= 11 is 0. The third kappa shape index (κ3) is 4.03. The van der Waals surface area contributed by atoms with E-state index in [1.807, 2.05) is 0 Å². The number of sulfonamides is 1. The van der Waals surface area contributed by atoms with Crippen LogP contribution in [0.5, 0.6) is 0 Å². The molecule has 11 heteroatoms. The number of nitrogens with zero attached hydrogens (tertiary/aromatic N) is 2. The summed E-state index contributed by atoms with van der Waals surface area (Å²) in [4.78, 5) is 24.6. The average Bonchev–Trinajstić information content (AvgIpc) is 2.60. The van der Waals surface area contributed by atoms with Crippen molar-refractivity contribution in [3.05, 3.63) is 33.7 Å². The molecule has 0 unspecified atom stereocenters. The van der Waals surface area contributed by atoms with Crippen molar-refractivity contribution in [2.45, 2.75) is 32.0 Å². The first-order valence-electron chi connectivity index (χ1n) is 8.58. The fourth-order valence-corrected chi connectivity index (χ4v) is 4.97. The van der Waals surface area contributed by atoms with Crippen LogP contribution in [0, 0.1) is 5.92 Å². The minimum atomic E-state index is -4.56. The van der Waals surface area contributed by atoms with Gasteiger partial charge in [0.05, 0.1) is 5.75 Å². The lowest BCUT2D eigenvalue weighted by Gasteiger charge is -2.42. The van der Waals surface area contributed by atoms with Gasteiger partial charge in [-0.25, -0.2) is 12.7 Å². The van der Waals surface area contributed by atoms with Crippen molar-refractivity contribution in [1.29, 1.82) is 0 Å². The summed E-state index contributed by atoms with van der Waals surface area (Å²) in [5.74, 6) is -1.33. The Bertz CT molecular complexity index is 910. The van der Waals surface area contributed by atoms with E-state index in [1.165, 1.54) is 21.0 Å². The molecule has 150 valence electrons. The first-order chi connectivity index (χ1) is 12.5. The Morgan fingerprint density at radius 3 is 2.59 bits per heavy atom. The zero-order valence-electron chi connectivity index (χ0n) is 14.6. The second-order valence-corrected chi connectivity index (χ2v) is 9.16. The molecule has 1 amide bonds. The summed E-state index contributed by atoms with van der Waals surface area (Å²) in [5.41, 5.74) is -0.380. The minimum absolute atomic E-state index is 0.00242. The zero-order valence-corrected chi connectivity index (χ0v) is 15.4. The molecule has 2 aliphatic rings. The molecule has 27 heavy (non-hydrogen) atoms. The maximum Gasteiger partial charge on any atom is 0.405 e. The van der Waals surface area contributed by atoms with Crippen LogP contribution in [0.2, 0.25) is 0 Å². The molecule has 2 aliphatic heterocycles. The highest BCUT2D eigenvalue weighted by Crippen LogP contribution is 2.36. The number of aromatic nitrogens is 1. The Labute approximate surface area is 154 Å². The predicted molar refractivity (Wildman–Crippen MR) is 91.0 cm³/mol. The Morgan fingerprint density at radius 2 is 1.96 bits per heavy atom. The largest absolute Gasteiger partial charge is 0.405 e. The molecule has 0 spiro atoms. The van der Waals surface area contributed by atoms with Crippen molar-refractivity contribution < 1.29 is 26.4 Å². The van der Waals surface area contributed by atoms with Crippen molar-refractivity contribution in [2.24, 2.45) is 5.92 Å². The van der Waals surface area contributed by atoms with E-state index in [2.05, 4.69) is 0 Å². The first kappa shape index (κ1) is 19.9. The average molecular weight is 407 g/mol. The summed E-state index contributed by atoms with van der Waals surface area (Å²) in [5, 5.41) is 1.71. The third-order valence-electron chi connectivity index (χ3n) is 5.02. The molecule has 3 heterocycles. The molecule has 0 aromatic carbocycles. The molecule has 2 atom stereocenters. The summed E-state index contributed by atoms with van der Waals surface area (Å²) in [7, 11) is -3.34. The molecule has 1 aromatic rings. The van der Waals surface area contributed by atoms with Crippen LogP contribution in [0.3, 0.4) is 0 Å². The number of nitrogens with one attached hydrogen (secondary N) is 1. The van der Waals surface area contributed by atoms with Crippen molar-refractivity contribution in [2.75, 3.05) is 25.4 Å². The molecule has 2 bridgehead atoms. The van der Waals surface area contributed by atoms with Gasteiger partial charge in [-0.1, -0.05) is 0 Å². The Hall–Kier alpha value is -1.88. The zero-order chi connectivity index (χ0) is 20.0. The molecule has 7 nitrogen and oxygen atoms in total. The van der Waals surface area contributed by atoms with Crippen molar-refractivity contribution in [3.63, 3.8) is 0 Å². The molecule has 3 rings (SSSR count). The van der Waals surface area contributed by atoms with Crippen LogP contribution >= 0.6 is 0 Å². The monoisotopic (exact) mass is 407 g/mol. The summed E-state index contributed by atoms with van der Waals surface area (Å²) in [6.45, 7) is 0.849. The van der Waals surface area contributed by atoms with Gasteiger partial charge in [0.15, 0.2) is 0 Å². The summed E-state index contributed by atoms with van der Waals surface area (Å²) < 4.78 is 64.0. The second-order valence-electron chi connectivity index (χ2n) is 6.90. The van der Waals surface area contributed by atoms with Crippen LogP contribution in [0.15, 0.2) is 16.9 Å². The van der Waals surface area contributed by atoms with Crippen LogP contribution in [-0.4, -0.2) is 54.8 Å². The van der Waals surface area contributed by atoms with Gasteiger partial charge < -0.3 is 9.88 Å². The number of amides is 1. The number of carbonyl (C=O) groups excluding carboxylic acids is 1. The number of pyridine rings is 1. The van der Waals surface area contributed by atoms with E-state index < -0.39 is 34.2 Å². The van der Waals surface area contributed by atoms with Gasteiger partial charge >= 0.3 is 6.18 Å². The van der Waals surface area contributed by atoms with Crippen LogP contribution < -0.4 is 10.9 Å². The lowest BCUT2D eigenvalue weighted by molar-refractivity contribution is -0.123. The molecule has 1 aromatic heterocycles. The van der Waals surface area contributed by atoms with E-state index in [9.17, 15) is 31.2 Å². The number of halogens is 3. The van der Waals surface area contributed by atoms with Crippen molar-refractivity contribution in [1.82, 2.24) is 14.2 Å². The second kappa shape index (κ2) is 6.93. The Kier molecular flexibility index (Phi) is 5.10. The van der Waals surface area contributed by atoms with Crippen LogP contribution in [-0.2, 0) is 16.6 Å². The fourth-order valence-electron chi connectivity index (χ4n) is 3.76. The number of rotatable bonds is 4. The molecule has 1 N–H and O–H groups in total. The predicted octanol–water partition coefficient (Wildman–Crippen LogP) is 0.909. The van der Waals surface area contributed by atoms with Gasteiger partial charge in [0.1, 0.15) is 12.1 Å². The van der Waals surface area contributed by atoms with Gasteiger partial charge in [0.25, 0.3) is 11.5 Å². The molecular weight excluding hydrogens is 387 g/mol. The maximum absolute atomic E-state index is 12.6. The number of piperidine rings is 1. The van der Waals surface area contributed by atoms with Gasteiger partial charge in [-0.15, -0.1) is 0 Å². The highest BCUT2D eigenvalue weighted by molar-refractivity contribution is 7.89. The van der Waals surface area contributed by atoms with Gasteiger partial charge in [-0.2, -0.15) is 13.2 Å². The van der Waals surface area contributed by atoms with E-state index in [1.54, 1.807) is 12.2 Å². The topological polar surface area (TPSA) is 88.5 Å². The number of fused-ring (bicyclic) bond motifs is 4. The van der Waals surface area contributed by atoms with Crippen molar-refractivity contribution in [3.8, 4) is 0 Å². The number of hydrogen-bond donors (Lipinski definition) is 1. The van der Waals surface area contributed by atoms with Gasteiger partial charge in [0.2, 0.25) is 10.0 Å². The Morgan fingerprint density at radius 1 is 1.26 bits per heavy atom. The maximum atomic E-state index is 12.6. The molecule has 0 aliphatic carbocycles. The summed E-state index contributed by atoms with van der Waals surface area (Å²) in [6, 6.07) is 2.75. The molecular formula is C16H20F3N3O4S. The number of carbonyl (C=O) groups is 1. The van der Waals surface area contributed by atoms with Crippen LogP contribution in [0.1, 0.15) is 35.3 Å². The van der Waals surface area contributed by atoms with Crippen LogP contribution in [0.4, 0.5) is 13.2 Å². The number of hydrogen-bond acceptors (Lipinski definition) is 4. The van der Waals surface area contributed by atoms with E-state index >= 15 is 0 Å². The van der Waals surface area contributed by atoms with Gasteiger partial charge in [-0.3, -0.25) is 9.59 Å². The quantitative estimate of drug-likeness (QED) is 0.804. The summed E-state index contributed by atoms with van der Waals surface area (Å²) in [6.07, 6.45) is -3.83. The van der Waals surface area contributed by atoms with E-state index in [0.717, 1.165) is 6.42 Å².